The van der Waals surface area contributed by atoms with Crippen LogP contribution in [0.2, 0.25) is 0 Å². The topological polar surface area (TPSA) is 72.2 Å². The van der Waals surface area contributed by atoms with E-state index < -0.39 is 10.0 Å². The summed E-state index contributed by atoms with van der Waals surface area (Å²) in [6, 6.07) is 0. The Bertz CT molecular complexity index is 160. The molecular weight excluding hydrogens is 128 g/mol. The molecule has 0 saturated heterocycles. The first-order valence-electron chi connectivity index (χ1n) is 1.93. The number of nitrogens with one attached hydrogen (secondary N) is 1. The van der Waals surface area contributed by atoms with Crippen LogP contribution in [0.1, 0.15) is 0 Å². The van der Waals surface area contributed by atoms with Crippen LogP contribution in [-0.4, -0.2) is 14.2 Å². The molecule has 0 aliphatic rings. The van der Waals surface area contributed by atoms with Gasteiger partial charge in [-0.05, 0) is 0 Å². The Kier molecular flexibility index (Phi) is 2.67. The Labute approximate surface area is 48.4 Å². The van der Waals surface area contributed by atoms with Crippen molar-refractivity contribution in [2.75, 3.05) is 5.75 Å². The van der Waals surface area contributed by atoms with E-state index in [1.54, 1.807) is 4.83 Å². The molecule has 0 radical (unpaired) electrons. The molecule has 0 aliphatic carbocycles. The fraction of sp³-hybridized carbons (Fsp3) is 0.333. The SMILES string of the molecule is C=CCS(=O)(=O)NN. The standard InChI is InChI=1S/C3H8N2O2S/c1-2-3-8(6,7)5-4/h2,5H,1,3-4H2. The summed E-state index contributed by atoms with van der Waals surface area (Å²) in [6.45, 7) is 3.22. The molecule has 0 aromatic heterocycles. The molecule has 0 rings (SSSR count). The Balaban J connectivity index is 3.94. The Hall–Kier alpha value is -0.390. The fourth-order valence-electron chi connectivity index (χ4n) is 0.203. The molecule has 8 heavy (non-hydrogen) atoms. The largest absolute Gasteiger partial charge is 0.258 e. The van der Waals surface area contributed by atoms with Crippen LogP contribution in [0.4, 0.5) is 0 Å². The lowest BCUT2D eigenvalue weighted by molar-refractivity contribution is 0.587. The van der Waals surface area contributed by atoms with Gasteiger partial charge in [0.2, 0.25) is 10.0 Å². The van der Waals surface area contributed by atoms with Crippen molar-refractivity contribution in [1.82, 2.24) is 4.83 Å². The van der Waals surface area contributed by atoms with Gasteiger partial charge in [-0.3, -0.25) is 5.84 Å². The summed E-state index contributed by atoms with van der Waals surface area (Å²) in [5, 5.41) is 0. The maximum atomic E-state index is 10.3. The van der Waals surface area contributed by atoms with Crippen LogP contribution < -0.4 is 10.7 Å². The number of nitrogens with two attached hydrogens (primary N) is 1. The number of hydrazine groups is 1. The molecule has 0 aliphatic heterocycles. The van der Waals surface area contributed by atoms with Crippen molar-refractivity contribution in [3.63, 3.8) is 0 Å². The highest BCUT2D eigenvalue weighted by molar-refractivity contribution is 7.89. The molecule has 0 heterocycles. The predicted molar refractivity (Wildman–Crippen MR) is 31.3 cm³/mol. The van der Waals surface area contributed by atoms with Crippen LogP contribution in [0.15, 0.2) is 12.7 Å². The molecule has 0 aromatic rings. The zero-order valence-corrected chi connectivity index (χ0v) is 5.11. The minimum Gasteiger partial charge on any atom is -0.258 e. The number of hydrogen-bond acceptors (Lipinski definition) is 3. The van der Waals surface area contributed by atoms with Crippen LogP contribution in [-0.2, 0) is 10.0 Å². The van der Waals surface area contributed by atoms with Crippen LogP contribution >= 0.6 is 0 Å². The number of rotatable bonds is 3. The van der Waals surface area contributed by atoms with Gasteiger partial charge in [0.05, 0.1) is 5.75 Å². The smallest absolute Gasteiger partial charge is 0.227 e. The van der Waals surface area contributed by atoms with Crippen molar-refractivity contribution < 1.29 is 8.42 Å². The van der Waals surface area contributed by atoms with Crippen molar-refractivity contribution in [3.05, 3.63) is 12.7 Å². The maximum Gasteiger partial charge on any atom is 0.227 e. The van der Waals surface area contributed by atoms with Gasteiger partial charge >= 0.3 is 0 Å². The lowest BCUT2D eigenvalue weighted by Gasteiger charge is -1.93. The summed E-state index contributed by atoms with van der Waals surface area (Å²) in [5.74, 6) is 4.47. The molecule has 0 spiro atoms. The van der Waals surface area contributed by atoms with Gasteiger partial charge in [0.1, 0.15) is 0 Å². The molecule has 48 valence electrons. The van der Waals surface area contributed by atoms with Crippen molar-refractivity contribution in [3.8, 4) is 0 Å². The van der Waals surface area contributed by atoms with Crippen molar-refractivity contribution in [2.24, 2.45) is 5.84 Å². The second-order valence-electron chi connectivity index (χ2n) is 1.19. The van der Waals surface area contributed by atoms with E-state index in [2.05, 4.69) is 12.4 Å². The van der Waals surface area contributed by atoms with Crippen LogP contribution in [0.25, 0.3) is 0 Å². The zero-order chi connectivity index (χ0) is 6.62. The molecule has 0 aromatic carbocycles. The first-order chi connectivity index (χ1) is 3.62. The molecular formula is C3H8N2O2S. The van der Waals surface area contributed by atoms with E-state index in [1.165, 1.54) is 6.08 Å². The minimum absolute atomic E-state index is 0.135. The molecule has 0 fully saturated rings. The van der Waals surface area contributed by atoms with Gasteiger partial charge in [-0.1, -0.05) is 6.08 Å². The van der Waals surface area contributed by atoms with Crippen LogP contribution in [0, 0.1) is 0 Å². The quantitative estimate of drug-likeness (QED) is 0.296. The second kappa shape index (κ2) is 2.81. The first kappa shape index (κ1) is 7.61. The van der Waals surface area contributed by atoms with E-state index in [0.717, 1.165) is 0 Å². The Morgan fingerprint density at radius 3 is 2.38 bits per heavy atom. The Morgan fingerprint density at radius 1 is 1.75 bits per heavy atom. The van der Waals surface area contributed by atoms with Gasteiger partial charge in [-0.25, -0.2) is 8.42 Å². The third-order valence-corrected chi connectivity index (χ3v) is 1.55. The molecule has 4 nitrogen and oxygen atoms in total. The van der Waals surface area contributed by atoms with E-state index in [4.69, 9.17) is 0 Å². The minimum atomic E-state index is -3.26. The molecule has 0 atom stereocenters. The lowest BCUT2D eigenvalue weighted by atomic mass is 10.8. The van der Waals surface area contributed by atoms with Gasteiger partial charge in [-0.2, -0.15) is 4.83 Å². The van der Waals surface area contributed by atoms with Crippen molar-refractivity contribution in [1.29, 1.82) is 0 Å². The van der Waals surface area contributed by atoms with E-state index in [0.29, 0.717) is 0 Å². The van der Waals surface area contributed by atoms with E-state index >= 15 is 0 Å². The summed E-state index contributed by atoms with van der Waals surface area (Å²) >= 11 is 0. The van der Waals surface area contributed by atoms with Crippen molar-refractivity contribution >= 4 is 10.0 Å². The summed E-state index contributed by atoms with van der Waals surface area (Å²) in [7, 11) is -3.26. The van der Waals surface area contributed by atoms with Crippen molar-refractivity contribution in [2.45, 2.75) is 0 Å². The molecule has 0 saturated carbocycles. The van der Waals surface area contributed by atoms with Gasteiger partial charge in [0.25, 0.3) is 0 Å². The molecule has 0 bridgehead atoms. The summed E-state index contributed by atoms with van der Waals surface area (Å²) in [4.78, 5) is 1.64. The molecule has 5 heteroatoms. The Morgan fingerprint density at radius 2 is 2.25 bits per heavy atom. The van der Waals surface area contributed by atoms with Gasteiger partial charge in [0.15, 0.2) is 0 Å². The lowest BCUT2D eigenvalue weighted by Crippen LogP contribution is -2.31. The van der Waals surface area contributed by atoms with E-state index in [9.17, 15) is 8.42 Å². The third kappa shape index (κ3) is 2.73. The van der Waals surface area contributed by atoms with Gasteiger partial charge in [-0.15, -0.1) is 6.58 Å². The average molecular weight is 136 g/mol. The van der Waals surface area contributed by atoms with E-state index in [-0.39, 0.29) is 5.75 Å². The summed E-state index contributed by atoms with van der Waals surface area (Å²) < 4.78 is 20.6. The predicted octanol–water partition coefficient (Wildman–Crippen LogP) is -1.03. The third-order valence-electron chi connectivity index (χ3n) is 0.517. The van der Waals surface area contributed by atoms with Crippen LogP contribution in [0.5, 0.6) is 0 Å². The van der Waals surface area contributed by atoms with Gasteiger partial charge < -0.3 is 0 Å². The first-order valence-corrected chi connectivity index (χ1v) is 3.58. The van der Waals surface area contributed by atoms with E-state index in [1.807, 2.05) is 0 Å². The highest BCUT2D eigenvalue weighted by Crippen LogP contribution is 1.77. The highest BCUT2D eigenvalue weighted by atomic mass is 32.2. The van der Waals surface area contributed by atoms with Crippen LogP contribution in [0.3, 0.4) is 0 Å². The number of sulfonamides is 1. The fourth-order valence-corrected chi connectivity index (χ4v) is 0.610. The second-order valence-corrected chi connectivity index (χ2v) is 2.99. The monoisotopic (exact) mass is 136 g/mol. The van der Waals surface area contributed by atoms with Gasteiger partial charge in [0, 0.05) is 0 Å². The average Bonchev–Trinajstić information content (AvgIpc) is 1.67. The molecule has 0 amide bonds. The molecule has 0 unspecified atom stereocenters. The summed E-state index contributed by atoms with van der Waals surface area (Å²) in [6.07, 6.45) is 1.26. The number of hydrogen-bond donors (Lipinski definition) is 2. The summed E-state index contributed by atoms with van der Waals surface area (Å²) in [5.41, 5.74) is 0. The normalized spacial score (nSPS) is 11.1. The maximum absolute atomic E-state index is 10.3. The highest BCUT2D eigenvalue weighted by Gasteiger charge is 2.00. The zero-order valence-electron chi connectivity index (χ0n) is 4.29. The molecule has 3 N–H and O–H groups in total.